The minimum Gasteiger partial charge on any atom is -0.309 e. The van der Waals surface area contributed by atoms with Crippen LogP contribution in [0.3, 0.4) is 0 Å². The van der Waals surface area contributed by atoms with Crippen molar-refractivity contribution in [3.63, 3.8) is 0 Å². The summed E-state index contributed by atoms with van der Waals surface area (Å²) in [7, 11) is 0. The number of fused-ring (bicyclic) bond motifs is 16. The summed E-state index contributed by atoms with van der Waals surface area (Å²) in [4.78, 5) is 5.08. The van der Waals surface area contributed by atoms with Gasteiger partial charge in [0.15, 0.2) is 0 Å². The Morgan fingerprint density at radius 2 is 0.462 bits per heavy atom. The number of benzene rings is 21. The molecule has 0 aliphatic carbocycles. The van der Waals surface area contributed by atoms with Crippen molar-refractivity contribution in [1.29, 1.82) is 0 Å². The lowest BCUT2D eigenvalue weighted by atomic mass is 9.87. The van der Waals surface area contributed by atoms with Crippen LogP contribution in [0.2, 0.25) is 0 Å². The van der Waals surface area contributed by atoms with Crippen LogP contribution < -0.4 is 9.80 Å². The van der Waals surface area contributed by atoms with Crippen molar-refractivity contribution >= 4 is 153 Å². The quantitative estimate of drug-likeness (QED) is 0.119. The molecule has 0 heterocycles. The summed E-state index contributed by atoms with van der Waals surface area (Å²) in [6.07, 6.45) is 0. The lowest BCUT2D eigenvalue weighted by Crippen LogP contribution is -2.13. The average Bonchev–Trinajstić information content (AvgIpc) is 0.726. The topological polar surface area (TPSA) is 6.48 Å². The first-order chi connectivity index (χ1) is 52.6. The Hall–Kier alpha value is -13.9. The maximum atomic E-state index is 2.54. The van der Waals surface area contributed by atoms with Crippen molar-refractivity contribution in [1.82, 2.24) is 0 Å². The van der Waals surface area contributed by atoms with Crippen LogP contribution >= 0.6 is 0 Å². The van der Waals surface area contributed by atoms with E-state index in [0.717, 1.165) is 61.6 Å². The minimum atomic E-state index is 1.06. The predicted octanol–water partition coefficient (Wildman–Crippen LogP) is 29.6. The Morgan fingerprint density at radius 1 is 0.142 bits per heavy atom. The van der Waals surface area contributed by atoms with Crippen molar-refractivity contribution in [2.75, 3.05) is 9.80 Å². The van der Waals surface area contributed by atoms with Gasteiger partial charge in [0.1, 0.15) is 0 Å². The van der Waals surface area contributed by atoms with Gasteiger partial charge in [0, 0.05) is 44.3 Å². The normalized spacial score (nSPS) is 11.8. The molecule has 2 nitrogen and oxygen atoms in total. The summed E-state index contributed by atoms with van der Waals surface area (Å²) in [5.74, 6) is 0. The summed E-state index contributed by atoms with van der Waals surface area (Å²) in [5.41, 5.74) is 18.3. The highest BCUT2D eigenvalue weighted by atomic mass is 15.2. The Morgan fingerprint density at radius 3 is 1.05 bits per heavy atom. The van der Waals surface area contributed by atoms with Gasteiger partial charge in [-0.3, -0.25) is 0 Å². The van der Waals surface area contributed by atoms with Gasteiger partial charge >= 0.3 is 0 Å². The monoisotopic (exact) mass is 1340 g/mol. The van der Waals surface area contributed by atoms with Gasteiger partial charge in [0.2, 0.25) is 0 Å². The molecule has 0 atom stereocenters. The van der Waals surface area contributed by atoms with E-state index in [2.05, 4.69) is 410 Å². The molecule has 0 spiro atoms. The van der Waals surface area contributed by atoms with E-state index in [1.54, 1.807) is 0 Å². The van der Waals surface area contributed by atoms with Crippen LogP contribution in [-0.2, 0) is 0 Å². The third-order valence-corrected chi connectivity index (χ3v) is 22.3. The molecule has 21 aromatic carbocycles. The summed E-state index contributed by atoms with van der Waals surface area (Å²) < 4.78 is 0. The van der Waals surface area contributed by atoms with Crippen LogP contribution in [0.15, 0.2) is 400 Å². The van der Waals surface area contributed by atoms with E-state index < -0.39 is 0 Å². The highest BCUT2D eigenvalue weighted by Gasteiger charge is 2.28. The lowest BCUT2D eigenvalue weighted by Gasteiger charge is -2.32. The number of hydrogen-bond donors (Lipinski definition) is 0. The second-order valence-corrected chi connectivity index (χ2v) is 28.1. The number of rotatable bonds is 11. The van der Waals surface area contributed by atoms with E-state index in [4.69, 9.17) is 0 Å². The van der Waals surface area contributed by atoms with E-state index in [-0.39, 0.29) is 0 Å². The molecule has 0 unspecified atom stereocenters. The lowest BCUT2D eigenvalue weighted by molar-refractivity contribution is 1.31. The second-order valence-electron chi connectivity index (χ2n) is 28.1. The summed E-state index contributed by atoms with van der Waals surface area (Å²) in [6.45, 7) is 0. The maximum Gasteiger partial charge on any atom is 0.0625 e. The zero-order chi connectivity index (χ0) is 69.8. The van der Waals surface area contributed by atoms with Gasteiger partial charge in [-0.15, -0.1) is 0 Å². The van der Waals surface area contributed by atoms with Crippen LogP contribution in [0, 0.1) is 0 Å². The van der Waals surface area contributed by atoms with Gasteiger partial charge in [-0.25, -0.2) is 0 Å². The molecule has 0 saturated carbocycles. The van der Waals surface area contributed by atoms with E-state index >= 15 is 0 Å². The van der Waals surface area contributed by atoms with Crippen molar-refractivity contribution in [3.05, 3.63) is 400 Å². The third kappa shape index (κ3) is 9.95. The van der Waals surface area contributed by atoms with Crippen LogP contribution in [0.1, 0.15) is 0 Å². The molecule has 0 radical (unpaired) electrons. The molecule has 0 amide bonds. The van der Waals surface area contributed by atoms with Gasteiger partial charge in [0.25, 0.3) is 0 Å². The Kier molecular flexibility index (Phi) is 14.3. The molecular formula is C104H66N2. The Balaban J connectivity index is 0.738. The molecule has 0 aromatic heterocycles. The summed E-state index contributed by atoms with van der Waals surface area (Å²) in [5, 5.41) is 26.7. The molecule has 2 heteroatoms. The van der Waals surface area contributed by atoms with Gasteiger partial charge in [-0.2, -0.15) is 0 Å². The average molecular weight is 1340 g/mol. The fraction of sp³-hybridized carbons (Fsp3) is 0. The van der Waals surface area contributed by atoms with Gasteiger partial charge in [-0.05, 0) is 208 Å². The van der Waals surface area contributed by atoms with Crippen molar-refractivity contribution in [2.45, 2.75) is 0 Å². The van der Waals surface area contributed by atoms with Gasteiger partial charge in [-0.1, -0.05) is 340 Å². The Labute approximate surface area is 614 Å². The minimum absolute atomic E-state index is 1.06. The molecule has 0 aliphatic rings. The molecule has 106 heavy (non-hydrogen) atoms. The van der Waals surface area contributed by atoms with Gasteiger partial charge in [0.05, 0.1) is 17.1 Å². The van der Waals surface area contributed by atoms with E-state index in [1.165, 1.54) is 147 Å². The molecule has 21 aromatic rings. The summed E-state index contributed by atoms with van der Waals surface area (Å²) in [6, 6.07) is 149. The second kappa shape index (κ2) is 25.0. The molecule has 0 fully saturated rings. The van der Waals surface area contributed by atoms with Crippen molar-refractivity contribution in [2.24, 2.45) is 0 Å². The predicted molar refractivity (Wildman–Crippen MR) is 456 cm³/mol. The van der Waals surface area contributed by atoms with E-state index in [9.17, 15) is 0 Å². The van der Waals surface area contributed by atoms with Crippen LogP contribution in [0.5, 0.6) is 0 Å². The first kappa shape index (κ1) is 60.8. The molecule has 0 saturated heterocycles. The first-order valence-corrected chi connectivity index (χ1v) is 36.7. The zero-order valence-corrected chi connectivity index (χ0v) is 58.0. The van der Waals surface area contributed by atoms with Gasteiger partial charge < -0.3 is 9.80 Å². The molecular weight excluding hydrogens is 1280 g/mol. The standard InChI is InChI=1S/C104H66N2/c1-2-23-67(24-3-1)68-51-59-79(60-52-68)106(100-46-22-29-71-26-5-7-31-82(71)100)104-97-43-19-15-38-89(97)87-36-13-17-41-94(87)102(104)95-45-21-28-72-47-48-77(65-98(72)95)73-49-50-75-64-80(61-55-74(75)63-73)105(78-57-53-69(54-58-78)76-56-62-91-85-34-9-8-32-83(85)84-33-10-11-39-90(84)99(91)66-76)103-96-42-18-14-37-88(96)86-35-12-16-40-93(86)101(103)92-44-20-27-70-25-4-6-30-81(70)92/h1-66H. The smallest absolute Gasteiger partial charge is 0.0625 e. The molecule has 492 valence electrons. The molecule has 0 N–H and O–H groups in total. The fourth-order valence-corrected chi connectivity index (χ4v) is 17.4. The highest BCUT2D eigenvalue weighted by molar-refractivity contribution is 6.28. The highest BCUT2D eigenvalue weighted by Crippen LogP contribution is 2.55. The number of nitrogens with zero attached hydrogens (tertiary/aromatic N) is 2. The van der Waals surface area contributed by atoms with Crippen LogP contribution in [0.4, 0.5) is 34.1 Å². The number of anilines is 6. The zero-order valence-electron chi connectivity index (χ0n) is 58.0. The van der Waals surface area contributed by atoms with Crippen LogP contribution in [0.25, 0.3) is 174 Å². The van der Waals surface area contributed by atoms with Crippen molar-refractivity contribution < 1.29 is 0 Å². The molecule has 0 bridgehead atoms. The SMILES string of the molecule is c1ccc(-c2ccc(N(c3cccc4ccccc34)c3c(-c4cccc5ccc(-c6ccc7cc(N(c8ccc(-c9ccc%10c%11ccccc%11c%11ccccc%11c%10c9)cc8)c8c(-c9cccc%10ccccc9%10)c9ccccc9c9ccccc89)ccc7c6)cc45)c4ccccc4c4ccccc34)cc2)cc1. The maximum absolute atomic E-state index is 2.54. The van der Waals surface area contributed by atoms with Crippen molar-refractivity contribution in [3.8, 4) is 55.6 Å². The molecule has 21 rings (SSSR count). The van der Waals surface area contributed by atoms with E-state index in [0.29, 0.717) is 0 Å². The Bertz CT molecular complexity index is 7090. The largest absolute Gasteiger partial charge is 0.309 e. The van der Waals surface area contributed by atoms with Crippen LogP contribution in [-0.4, -0.2) is 0 Å². The number of hydrogen-bond acceptors (Lipinski definition) is 2. The summed E-state index contributed by atoms with van der Waals surface area (Å²) >= 11 is 0. The molecule has 0 aliphatic heterocycles. The first-order valence-electron chi connectivity index (χ1n) is 36.7. The third-order valence-electron chi connectivity index (χ3n) is 22.3. The fourth-order valence-electron chi connectivity index (χ4n) is 17.4. The van der Waals surface area contributed by atoms with E-state index in [1.807, 2.05) is 0 Å².